The first-order chi connectivity index (χ1) is 17.7. The normalized spacial score (nSPS) is 24.3. The molecule has 9 heteroatoms. The third-order valence-electron chi connectivity index (χ3n) is 7.06. The van der Waals surface area contributed by atoms with Crippen LogP contribution in [0.5, 0.6) is 0 Å². The molecule has 2 aromatic carbocycles. The molecule has 1 saturated heterocycles. The van der Waals surface area contributed by atoms with Crippen molar-refractivity contribution in [3.8, 4) is 11.1 Å². The van der Waals surface area contributed by atoms with E-state index in [4.69, 9.17) is 14.4 Å². The van der Waals surface area contributed by atoms with E-state index in [1.165, 1.54) is 6.07 Å². The van der Waals surface area contributed by atoms with Gasteiger partial charge in [-0.2, -0.15) is 0 Å². The highest BCUT2D eigenvalue weighted by atomic mass is 19.1. The summed E-state index contributed by atoms with van der Waals surface area (Å²) >= 11 is 0. The molecular weight excluding hydrogens is 475 g/mol. The summed E-state index contributed by atoms with van der Waals surface area (Å²) in [6.07, 6.45) is -0.349. The molecule has 0 bridgehead atoms. The van der Waals surface area contributed by atoms with Crippen LogP contribution in [0.3, 0.4) is 0 Å². The zero-order chi connectivity index (χ0) is 26.3. The number of β-amino-alcohol motifs (C(OH)–C–C–N with tert-alkyl or cyclic N) is 1. The van der Waals surface area contributed by atoms with Gasteiger partial charge in [0, 0.05) is 30.2 Å². The van der Waals surface area contributed by atoms with Crippen molar-refractivity contribution in [3.05, 3.63) is 77.4 Å². The highest BCUT2D eigenvalue weighted by Gasteiger charge is 2.45. The molecule has 1 fully saturated rings. The number of amides is 1. The van der Waals surface area contributed by atoms with E-state index < -0.39 is 23.8 Å². The van der Waals surface area contributed by atoms with E-state index in [0.717, 1.165) is 11.1 Å². The van der Waals surface area contributed by atoms with Crippen LogP contribution in [-0.2, 0) is 15.4 Å². The van der Waals surface area contributed by atoms with Crippen LogP contribution in [-0.4, -0.2) is 45.6 Å². The minimum absolute atomic E-state index is 0.0359. The van der Waals surface area contributed by atoms with Gasteiger partial charge in [-0.1, -0.05) is 61.5 Å². The number of aromatic nitrogens is 1. The number of likely N-dealkylation sites (tertiary alicyclic amines) is 1. The number of hydrogen-bond donors (Lipinski definition) is 2. The lowest BCUT2D eigenvalue weighted by molar-refractivity contribution is -0.134. The largest absolute Gasteiger partial charge is 0.391 e. The Labute approximate surface area is 215 Å². The monoisotopic (exact) mass is 506 g/mol. The van der Waals surface area contributed by atoms with E-state index >= 15 is 0 Å². The maximum atomic E-state index is 14.2. The van der Waals surface area contributed by atoms with Gasteiger partial charge in [-0.3, -0.25) is 4.79 Å². The lowest BCUT2D eigenvalue weighted by Crippen LogP contribution is -2.46. The van der Waals surface area contributed by atoms with Crippen LogP contribution in [0.15, 0.2) is 64.1 Å². The smallest absolute Gasteiger partial charge is 0.234 e. The Balaban J connectivity index is 1.40. The lowest BCUT2D eigenvalue weighted by Gasteiger charge is -2.29. The Hall–Kier alpha value is -3.56. The maximum Gasteiger partial charge on any atom is 0.234 e. The molecule has 0 spiro atoms. The van der Waals surface area contributed by atoms with Crippen molar-refractivity contribution in [1.29, 1.82) is 0 Å². The van der Waals surface area contributed by atoms with E-state index in [2.05, 4.69) is 10.6 Å². The number of hydroxylamine groups is 1. The first-order valence-electron chi connectivity index (χ1n) is 12.5. The number of nitrogens with zero attached hydrogens (tertiary/aromatic N) is 3. The van der Waals surface area contributed by atoms with Crippen LogP contribution in [0.4, 0.5) is 4.39 Å². The Kier molecular flexibility index (Phi) is 6.59. The molecule has 2 aliphatic heterocycles. The fraction of sp³-hybridized carbons (Fsp3) is 0.393. The predicted molar refractivity (Wildman–Crippen MR) is 136 cm³/mol. The van der Waals surface area contributed by atoms with Gasteiger partial charge in [-0.05, 0) is 31.4 Å². The van der Waals surface area contributed by atoms with Gasteiger partial charge in [0.05, 0.1) is 17.8 Å². The van der Waals surface area contributed by atoms with E-state index in [0.29, 0.717) is 29.3 Å². The minimum atomic E-state index is -1.05. The summed E-state index contributed by atoms with van der Waals surface area (Å²) in [6, 6.07) is 15.3. The molecular formula is C28H31FN4O4. The summed E-state index contributed by atoms with van der Waals surface area (Å²) in [6.45, 7) is 7.73. The topological polar surface area (TPSA) is 100 Å². The number of aliphatic hydroxyl groups is 1. The Morgan fingerprint density at radius 3 is 2.59 bits per heavy atom. The first-order valence-corrected chi connectivity index (χ1v) is 12.5. The van der Waals surface area contributed by atoms with Crippen LogP contribution in [0.2, 0.25) is 0 Å². The quantitative estimate of drug-likeness (QED) is 0.517. The molecule has 0 aliphatic carbocycles. The molecule has 0 unspecified atom stereocenters. The third kappa shape index (κ3) is 4.76. The van der Waals surface area contributed by atoms with Crippen LogP contribution in [0, 0.1) is 18.7 Å². The fourth-order valence-electron chi connectivity index (χ4n) is 5.11. The standard InChI is InChI=1S/C28H31FN4O4/c1-16(2)25(24-13-17(3)31-36-24)27(35)33-15-20(34)14-23(33)26-30-28(4,37-32-26)19-11-9-18(10-12-19)21-7-5-6-8-22(21)29/h5-13,16,20,23,25,34H,14-15H2,1-4H3,(H,30,32)/t20-,23+,25-,28+/m1/s1. The first kappa shape index (κ1) is 25.1. The van der Waals surface area contributed by atoms with Crippen LogP contribution in [0.1, 0.15) is 50.1 Å². The second-order valence-corrected chi connectivity index (χ2v) is 10.2. The van der Waals surface area contributed by atoms with Gasteiger partial charge in [0.1, 0.15) is 23.3 Å². The summed E-state index contributed by atoms with van der Waals surface area (Å²) in [4.78, 5) is 26.1. The molecule has 1 aromatic heterocycles. The van der Waals surface area contributed by atoms with Gasteiger partial charge in [-0.15, -0.1) is 0 Å². The highest BCUT2D eigenvalue weighted by Crippen LogP contribution is 2.36. The average Bonchev–Trinajstić information content (AvgIpc) is 3.58. The Bertz CT molecular complexity index is 1320. The SMILES string of the molecule is Cc1cc([C@H](C(=O)N2C[C@H](O)C[C@H]2C2=N[C@](C)(c3ccc(-c4ccccc4F)cc3)ON2)C(C)C)on1. The summed E-state index contributed by atoms with van der Waals surface area (Å²) in [5.74, 6) is -0.0254. The van der Waals surface area contributed by atoms with Crippen molar-refractivity contribution in [2.75, 3.05) is 6.54 Å². The molecule has 2 aliphatic rings. The highest BCUT2D eigenvalue weighted by molar-refractivity contribution is 5.94. The summed E-state index contributed by atoms with van der Waals surface area (Å²) in [7, 11) is 0. The molecule has 0 radical (unpaired) electrons. The zero-order valence-corrected chi connectivity index (χ0v) is 21.3. The molecule has 37 heavy (non-hydrogen) atoms. The number of aliphatic hydroxyl groups excluding tert-OH is 1. The van der Waals surface area contributed by atoms with Crippen molar-refractivity contribution < 1.29 is 23.7 Å². The lowest BCUT2D eigenvalue weighted by atomic mass is 9.91. The number of benzene rings is 2. The number of hydrogen-bond acceptors (Lipinski definition) is 7. The van der Waals surface area contributed by atoms with Gasteiger partial charge in [0.2, 0.25) is 11.6 Å². The number of rotatable bonds is 6. The molecule has 8 nitrogen and oxygen atoms in total. The van der Waals surface area contributed by atoms with Gasteiger partial charge < -0.3 is 14.5 Å². The number of carbonyl (C=O) groups excluding carboxylic acids is 1. The van der Waals surface area contributed by atoms with Gasteiger partial charge in [-0.25, -0.2) is 19.7 Å². The van der Waals surface area contributed by atoms with Crippen LogP contribution in [0.25, 0.3) is 11.1 Å². The van der Waals surface area contributed by atoms with Crippen LogP contribution >= 0.6 is 0 Å². The number of amidine groups is 1. The van der Waals surface area contributed by atoms with Crippen LogP contribution < -0.4 is 5.48 Å². The molecule has 3 aromatic rings. The second kappa shape index (κ2) is 9.72. The molecule has 3 heterocycles. The van der Waals surface area contributed by atoms with E-state index in [1.54, 1.807) is 29.2 Å². The molecule has 1 amide bonds. The number of halogens is 1. The van der Waals surface area contributed by atoms with Gasteiger partial charge >= 0.3 is 0 Å². The van der Waals surface area contributed by atoms with Crippen molar-refractivity contribution in [2.24, 2.45) is 10.9 Å². The average molecular weight is 507 g/mol. The number of aliphatic imine (C=N–C) groups is 1. The summed E-state index contributed by atoms with van der Waals surface area (Å²) < 4.78 is 19.6. The number of carbonyl (C=O) groups is 1. The molecule has 4 atom stereocenters. The number of aryl methyl sites for hydroxylation is 1. The predicted octanol–water partition coefficient (Wildman–Crippen LogP) is 4.30. The fourth-order valence-corrected chi connectivity index (χ4v) is 5.11. The second-order valence-electron chi connectivity index (χ2n) is 10.2. The Morgan fingerprint density at radius 1 is 1.22 bits per heavy atom. The van der Waals surface area contributed by atoms with Crippen molar-refractivity contribution in [3.63, 3.8) is 0 Å². The minimum Gasteiger partial charge on any atom is -0.391 e. The maximum absolute atomic E-state index is 14.2. The van der Waals surface area contributed by atoms with Gasteiger partial charge in [0.25, 0.3) is 0 Å². The Morgan fingerprint density at radius 2 is 1.95 bits per heavy atom. The molecule has 194 valence electrons. The summed E-state index contributed by atoms with van der Waals surface area (Å²) in [5.41, 5.74) is 4.60. The zero-order valence-electron chi connectivity index (χ0n) is 21.3. The number of nitrogens with one attached hydrogen (secondary N) is 1. The van der Waals surface area contributed by atoms with E-state index in [9.17, 15) is 14.3 Å². The van der Waals surface area contributed by atoms with E-state index in [-0.39, 0.29) is 24.2 Å². The third-order valence-corrected chi connectivity index (χ3v) is 7.06. The van der Waals surface area contributed by atoms with Crippen molar-refractivity contribution in [2.45, 2.75) is 57.9 Å². The molecule has 5 rings (SSSR count). The van der Waals surface area contributed by atoms with E-state index in [1.807, 2.05) is 52.0 Å². The molecule has 2 N–H and O–H groups in total. The molecule has 0 saturated carbocycles. The van der Waals surface area contributed by atoms with Gasteiger partial charge in [0.15, 0.2) is 0 Å². The summed E-state index contributed by atoms with van der Waals surface area (Å²) in [5, 5.41) is 14.4. The van der Waals surface area contributed by atoms with Crippen molar-refractivity contribution in [1.82, 2.24) is 15.5 Å². The van der Waals surface area contributed by atoms with Crippen molar-refractivity contribution >= 4 is 11.7 Å².